The van der Waals surface area contributed by atoms with Crippen molar-refractivity contribution in [3.8, 4) is 5.75 Å². The monoisotopic (exact) mass is 439 g/mol. The maximum absolute atomic E-state index is 13.0. The lowest BCUT2D eigenvalue weighted by atomic mass is 9.99. The van der Waals surface area contributed by atoms with Gasteiger partial charge in [0.2, 0.25) is 11.9 Å². The van der Waals surface area contributed by atoms with E-state index < -0.39 is 5.97 Å². The topological polar surface area (TPSA) is 108 Å². The molecule has 32 heavy (non-hydrogen) atoms. The van der Waals surface area contributed by atoms with Crippen molar-refractivity contribution in [2.45, 2.75) is 51.6 Å². The van der Waals surface area contributed by atoms with E-state index in [1.807, 2.05) is 6.92 Å². The number of fused-ring (bicyclic) bond motifs is 1. The summed E-state index contributed by atoms with van der Waals surface area (Å²) in [5, 5.41) is 12.4. The van der Waals surface area contributed by atoms with E-state index in [1.165, 1.54) is 32.1 Å². The molecule has 4 rings (SSSR count). The van der Waals surface area contributed by atoms with Gasteiger partial charge in [-0.2, -0.15) is 4.98 Å². The highest BCUT2D eigenvalue weighted by Crippen LogP contribution is 2.40. The molecule has 1 aliphatic heterocycles. The number of methoxy groups -OCH3 is 1. The molecule has 0 spiro atoms. The number of nitrogens with one attached hydrogen (secondary N) is 1. The molecule has 1 aromatic heterocycles. The van der Waals surface area contributed by atoms with E-state index in [-0.39, 0.29) is 23.4 Å². The summed E-state index contributed by atoms with van der Waals surface area (Å²) in [6.45, 7) is 4.06. The maximum atomic E-state index is 13.0. The van der Waals surface area contributed by atoms with Gasteiger partial charge in [0.1, 0.15) is 11.4 Å². The molecule has 1 saturated carbocycles. The van der Waals surface area contributed by atoms with Crippen LogP contribution in [0.1, 0.15) is 49.9 Å². The quantitative estimate of drug-likeness (QED) is 0.726. The molecule has 2 N–H and O–H groups in total. The Balaban J connectivity index is 1.75. The number of ether oxygens (including phenoxy) is 1. The second kappa shape index (κ2) is 8.64. The van der Waals surface area contributed by atoms with Gasteiger partial charge in [0.15, 0.2) is 5.82 Å². The molecule has 9 heteroatoms. The minimum absolute atomic E-state index is 0.00133. The Morgan fingerprint density at radius 1 is 1.25 bits per heavy atom. The lowest BCUT2D eigenvalue weighted by Gasteiger charge is -2.36. The van der Waals surface area contributed by atoms with Crippen LogP contribution < -0.4 is 19.9 Å². The smallest absolute Gasteiger partial charge is 0.335 e. The summed E-state index contributed by atoms with van der Waals surface area (Å²) in [5.74, 6) is 0.327. The number of aromatic carboxylic acids is 1. The Kier molecular flexibility index (Phi) is 5.90. The Labute approximate surface area is 187 Å². The highest BCUT2D eigenvalue weighted by Gasteiger charge is 2.39. The van der Waals surface area contributed by atoms with Gasteiger partial charge in [0, 0.05) is 19.1 Å². The molecule has 1 fully saturated rings. The summed E-state index contributed by atoms with van der Waals surface area (Å²) in [7, 11) is 3.25. The number of carboxylic acids is 1. The number of hydrogen-bond acceptors (Lipinski definition) is 7. The molecular formula is C23H29N5O4. The Bertz CT molecular complexity index is 1040. The summed E-state index contributed by atoms with van der Waals surface area (Å²) < 4.78 is 5.36. The van der Waals surface area contributed by atoms with Crippen molar-refractivity contribution in [1.82, 2.24) is 9.97 Å². The molecule has 0 radical (unpaired) electrons. The standard InChI is InChI=1S/C23H29N5O4/c1-13-14(2)28(16-7-5-6-8-16)20-18(27(3)21(13)29)12-24-23(26-20)25-17-10-9-15(22(30)31)11-19(17)32-4/h9-14,16H,5-8H2,1-4H3,(H,30,31)(H,24,25,26). The minimum atomic E-state index is -1.03. The van der Waals surface area contributed by atoms with Gasteiger partial charge < -0.3 is 25.0 Å². The molecule has 170 valence electrons. The number of anilines is 4. The molecule has 2 unspecified atom stereocenters. The fourth-order valence-electron chi connectivity index (χ4n) is 4.65. The fourth-order valence-corrected chi connectivity index (χ4v) is 4.65. The van der Waals surface area contributed by atoms with Crippen LogP contribution in [0.2, 0.25) is 0 Å². The van der Waals surface area contributed by atoms with Crippen molar-refractivity contribution in [3.63, 3.8) is 0 Å². The molecule has 2 heterocycles. The largest absolute Gasteiger partial charge is 0.495 e. The molecule has 9 nitrogen and oxygen atoms in total. The van der Waals surface area contributed by atoms with E-state index in [1.54, 1.807) is 24.2 Å². The number of carboxylic acid groups (broad SMARTS) is 1. The third-order valence-electron chi connectivity index (χ3n) is 6.65. The molecule has 1 aromatic carbocycles. The van der Waals surface area contributed by atoms with Crippen molar-refractivity contribution in [2.24, 2.45) is 5.92 Å². The number of rotatable bonds is 5. The van der Waals surface area contributed by atoms with Crippen LogP contribution in [0.3, 0.4) is 0 Å². The van der Waals surface area contributed by atoms with E-state index in [2.05, 4.69) is 22.1 Å². The number of carbonyl (C=O) groups excluding carboxylic acids is 1. The third-order valence-corrected chi connectivity index (χ3v) is 6.65. The van der Waals surface area contributed by atoms with Crippen LogP contribution in [0.4, 0.5) is 23.1 Å². The first-order chi connectivity index (χ1) is 15.3. The molecule has 1 aliphatic carbocycles. The molecule has 2 aliphatic rings. The van der Waals surface area contributed by atoms with Crippen LogP contribution in [0.5, 0.6) is 5.75 Å². The van der Waals surface area contributed by atoms with Gasteiger partial charge in [-0.25, -0.2) is 9.78 Å². The molecule has 0 bridgehead atoms. The van der Waals surface area contributed by atoms with E-state index in [9.17, 15) is 14.7 Å². The zero-order valence-corrected chi connectivity index (χ0v) is 18.8. The van der Waals surface area contributed by atoms with Gasteiger partial charge in [0.25, 0.3) is 0 Å². The van der Waals surface area contributed by atoms with Crippen LogP contribution in [0.25, 0.3) is 0 Å². The molecule has 1 amide bonds. The van der Waals surface area contributed by atoms with Crippen LogP contribution in [0.15, 0.2) is 24.4 Å². The van der Waals surface area contributed by atoms with Crippen molar-refractivity contribution < 1.29 is 19.4 Å². The highest BCUT2D eigenvalue weighted by molar-refractivity contribution is 5.99. The summed E-state index contributed by atoms with van der Waals surface area (Å²) in [6, 6.07) is 4.92. The summed E-state index contributed by atoms with van der Waals surface area (Å²) >= 11 is 0. The number of amides is 1. The predicted octanol–water partition coefficient (Wildman–Crippen LogP) is 3.68. The van der Waals surface area contributed by atoms with Crippen molar-refractivity contribution >= 4 is 35.0 Å². The van der Waals surface area contributed by atoms with Crippen molar-refractivity contribution in [2.75, 3.05) is 29.3 Å². The van der Waals surface area contributed by atoms with Gasteiger partial charge in [-0.3, -0.25) is 4.79 Å². The minimum Gasteiger partial charge on any atom is -0.495 e. The van der Waals surface area contributed by atoms with E-state index >= 15 is 0 Å². The van der Waals surface area contributed by atoms with Crippen LogP contribution in [0, 0.1) is 5.92 Å². The fraction of sp³-hybridized carbons (Fsp3) is 0.478. The average Bonchev–Trinajstić information content (AvgIpc) is 3.30. The van der Waals surface area contributed by atoms with Crippen LogP contribution in [-0.2, 0) is 4.79 Å². The Morgan fingerprint density at radius 2 is 1.97 bits per heavy atom. The number of carbonyl (C=O) groups is 2. The second-order valence-electron chi connectivity index (χ2n) is 8.52. The first kappa shape index (κ1) is 21.9. The van der Waals surface area contributed by atoms with Gasteiger partial charge in [-0.1, -0.05) is 19.8 Å². The highest BCUT2D eigenvalue weighted by atomic mass is 16.5. The Hall–Kier alpha value is -3.36. The first-order valence-electron chi connectivity index (χ1n) is 10.9. The SMILES string of the molecule is COc1cc(C(=O)O)ccc1Nc1ncc2c(n1)N(C1CCCC1)C(C)C(C)C(=O)N2C. The molecule has 2 atom stereocenters. The predicted molar refractivity (Wildman–Crippen MR) is 122 cm³/mol. The van der Waals surface area contributed by atoms with Crippen LogP contribution in [-0.4, -0.2) is 53.2 Å². The number of aromatic nitrogens is 2. The molecular weight excluding hydrogens is 410 g/mol. The lowest BCUT2D eigenvalue weighted by molar-refractivity contribution is -0.121. The van der Waals surface area contributed by atoms with Gasteiger partial charge >= 0.3 is 5.97 Å². The number of benzene rings is 1. The third kappa shape index (κ3) is 3.83. The van der Waals surface area contributed by atoms with Gasteiger partial charge in [0.05, 0.1) is 30.5 Å². The van der Waals surface area contributed by atoms with E-state index in [4.69, 9.17) is 9.72 Å². The van der Waals surface area contributed by atoms with Crippen molar-refractivity contribution in [3.05, 3.63) is 30.0 Å². The normalized spacial score (nSPS) is 21.3. The van der Waals surface area contributed by atoms with Crippen molar-refractivity contribution in [1.29, 1.82) is 0 Å². The number of nitrogens with zero attached hydrogens (tertiary/aromatic N) is 4. The van der Waals surface area contributed by atoms with Gasteiger partial charge in [-0.05, 0) is 38.0 Å². The van der Waals surface area contributed by atoms with Gasteiger partial charge in [-0.15, -0.1) is 0 Å². The van der Waals surface area contributed by atoms with E-state index in [0.717, 1.165) is 18.7 Å². The zero-order chi connectivity index (χ0) is 23.0. The number of hydrogen-bond donors (Lipinski definition) is 2. The Morgan fingerprint density at radius 3 is 2.62 bits per heavy atom. The first-order valence-corrected chi connectivity index (χ1v) is 10.9. The average molecular weight is 440 g/mol. The van der Waals surface area contributed by atoms with Crippen LogP contribution >= 0.6 is 0 Å². The summed E-state index contributed by atoms with van der Waals surface area (Å²) in [4.78, 5) is 37.5. The maximum Gasteiger partial charge on any atom is 0.335 e. The lowest BCUT2D eigenvalue weighted by Crippen LogP contribution is -2.46. The summed E-state index contributed by atoms with van der Waals surface area (Å²) in [6.07, 6.45) is 6.17. The second-order valence-corrected chi connectivity index (χ2v) is 8.52. The molecule has 0 saturated heterocycles. The summed E-state index contributed by atoms with van der Waals surface area (Å²) in [5.41, 5.74) is 1.38. The molecule has 2 aromatic rings. The zero-order valence-electron chi connectivity index (χ0n) is 18.8. The van der Waals surface area contributed by atoms with E-state index in [0.29, 0.717) is 29.1 Å².